The molecule has 6 heteroatoms. The Morgan fingerprint density at radius 3 is 3.25 bits per heavy atom. The largest absolute Gasteiger partial charge is 0.481 e. The van der Waals surface area contributed by atoms with Crippen LogP contribution in [0.3, 0.4) is 0 Å². The van der Waals surface area contributed by atoms with E-state index < -0.39 is 5.97 Å². The van der Waals surface area contributed by atoms with Crippen molar-refractivity contribution in [3.05, 3.63) is 29.5 Å². The number of carboxylic acid groups (broad SMARTS) is 1. The third kappa shape index (κ3) is 2.91. The molecule has 2 aromatic heterocycles. The number of aliphatic carboxylic acids is 1. The Bertz CT molecular complexity index is 579. The first-order chi connectivity index (χ1) is 9.72. The van der Waals surface area contributed by atoms with Crippen LogP contribution < -0.4 is 0 Å². The van der Waals surface area contributed by atoms with Gasteiger partial charge in [-0.25, -0.2) is 4.98 Å². The van der Waals surface area contributed by atoms with Crippen molar-refractivity contribution in [1.29, 1.82) is 0 Å². The molecule has 1 fully saturated rings. The van der Waals surface area contributed by atoms with Crippen molar-refractivity contribution in [1.82, 2.24) is 9.88 Å². The van der Waals surface area contributed by atoms with Gasteiger partial charge in [0.05, 0.1) is 16.5 Å². The van der Waals surface area contributed by atoms with E-state index in [1.807, 2.05) is 17.5 Å². The summed E-state index contributed by atoms with van der Waals surface area (Å²) in [6, 6.07) is 3.94. The van der Waals surface area contributed by atoms with Crippen LogP contribution in [-0.2, 0) is 11.3 Å². The van der Waals surface area contributed by atoms with Crippen molar-refractivity contribution in [2.75, 3.05) is 13.1 Å². The van der Waals surface area contributed by atoms with Gasteiger partial charge in [-0.1, -0.05) is 6.07 Å². The van der Waals surface area contributed by atoms with E-state index in [0.717, 1.165) is 30.0 Å². The number of carbonyl (C=O) groups is 1. The van der Waals surface area contributed by atoms with Gasteiger partial charge in [-0.2, -0.15) is 0 Å². The normalized spacial score (nSPS) is 20.1. The molecule has 0 spiro atoms. The van der Waals surface area contributed by atoms with Crippen LogP contribution >= 0.6 is 11.3 Å². The molecule has 0 aliphatic carbocycles. The van der Waals surface area contributed by atoms with Crippen LogP contribution in [0.1, 0.15) is 18.5 Å². The van der Waals surface area contributed by atoms with Crippen molar-refractivity contribution in [3.8, 4) is 10.8 Å². The van der Waals surface area contributed by atoms with Crippen molar-refractivity contribution in [2.45, 2.75) is 19.4 Å². The average molecular weight is 292 g/mol. The summed E-state index contributed by atoms with van der Waals surface area (Å²) >= 11 is 1.59. The fraction of sp³-hybridized carbons (Fsp3) is 0.429. The molecule has 0 radical (unpaired) electrons. The number of oxazole rings is 1. The smallest absolute Gasteiger partial charge is 0.307 e. The summed E-state index contributed by atoms with van der Waals surface area (Å²) in [4.78, 5) is 18.7. The third-order valence-corrected chi connectivity index (χ3v) is 4.38. The second kappa shape index (κ2) is 5.76. The highest BCUT2D eigenvalue weighted by Gasteiger charge is 2.25. The standard InChI is InChI=1S/C14H16N2O3S/c17-14(18)10-3-1-5-16(7-10)8-11-9-19-13(15-11)12-4-2-6-20-12/h2,4,6,9-10H,1,3,5,7-8H2,(H,17,18). The zero-order valence-corrected chi connectivity index (χ0v) is 11.8. The molecule has 1 N–H and O–H groups in total. The summed E-state index contributed by atoms with van der Waals surface area (Å²) in [5, 5.41) is 11.1. The van der Waals surface area contributed by atoms with Gasteiger partial charge in [0.25, 0.3) is 0 Å². The Balaban J connectivity index is 1.64. The van der Waals surface area contributed by atoms with E-state index in [-0.39, 0.29) is 5.92 Å². The fourth-order valence-corrected chi connectivity index (χ4v) is 3.18. The molecule has 5 nitrogen and oxygen atoms in total. The summed E-state index contributed by atoms with van der Waals surface area (Å²) in [5.41, 5.74) is 0.861. The van der Waals surface area contributed by atoms with Crippen LogP contribution in [0.5, 0.6) is 0 Å². The number of nitrogens with zero attached hydrogens (tertiary/aromatic N) is 2. The average Bonchev–Trinajstić information content (AvgIpc) is 3.09. The molecule has 3 rings (SSSR count). The summed E-state index contributed by atoms with van der Waals surface area (Å²) in [6.07, 6.45) is 3.36. The highest BCUT2D eigenvalue weighted by atomic mass is 32.1. The summed E-state index contributed by atoms with van der Waals surface area (Å²) in [5.74, 6) is -0.316. The second-order valence-electron chi connectivity index (χ2n) is 5.03. The minimum atomic E-state index is -0.700. The van der Waals surface area contributed by atoms with E-state index >= 15 is 0 Å². The number of likely N-dealkylation sites (tertiary alicyclic amines) is 1. The number of aromatic nitrogens is 1. The highest BCUT2D eigenvalue weighted by molar-refractivity contribution is 7.13. The van der Waals surface area contributed by atoms with E-state index in [2.05, 4.69) is 9.88 Å². The van der Waals surface area contributed by atoms with Crippen molar-refractivity contribution < 1.29 is 14.3 Å². The molecule has 1 unspecified atom stereocenters. The number of rotatable bonds is 4. The van der Waals surface area contributed by atoms with E-state index in [1.54, 1.807) is 17.6 Å². The third-order valence-electron chi connectivity index (χ3n) is 3.52. The molecule has 1 saturated heterocycles. The lowest BCUT2D eigenvalue weighted by Crippen LogP contribution is -2.38. The lowest BCUT2D eigenvalue weighted by atomic mass is 9.98. The molecular weight excluding hydrogens is 276 g/mol. The van der Waals surface area contributed by atoms with Crippen LogP contribution in [0.25, 0.3) is 10.8 Å². The topological polar surface area (TPSA) is 66.6 Å². The van der Waals surface area contributed by atoms with Crippen molar-refractivity contribution >= 4 is 17.3 Å². The minimum absolute atomic E-state index is 0.257. The Kier molecular flexibility index (Phi) is 3.84. The summed E-state index contributed by atoms with van der Waals surface area (Å²) < 4.78 is 5.48. The summed E-state index contributed by atoms with van der Waals surface area (Å²) in [6.45, 7) is 2.17. The summed E-state index contributed by atoms with van der Waals surface area (Å²) in [7, 11) is 0. The molecule has 0 amide bonds. The van der Waals surface area contributed by atoms with E-state index in [1.165, 1.54) is 0 Å². The maximum atomic E-state index is 11.1. The van der Waals surface area contributed by atoms with Crippen LogP contribution in [0.15, 0.2) is 28.2 Å². The number of hydrogen-bond donors (Lipinski definition) is 1. The molecule has 20 heavy (non-hydrogen) atoms. The molecule has 2 aromatic rings. The Hall–Kier alpha value is -1.66. The molecule has 1 aliphatic heterocycles. The lowest BCUT2D eigenvalue weighted by molar-refractivity contribution is -0.143. The Morgan fingerprint density at radius 1 is 1.60 bits per heavy atom. The fourth-order valence-electron chi connectivity index (χ4n) is 2.52. The van der Waals surface area contributed by atoms with Crippen molar-refractivity contribution in [3.63, 3.8) is 0 Å². The molecule has 1 aliphatic rings. The first kappa shape index (κ1) is 13.3. The van der Waals surface area contributed by atoms with Crippen molar-refractivity contribution in [2.24, 2.45) is 5.92 Å². The molecule has 106 valence electrons. The van der Waals surface area contributed by atoms with Gasteiger partial charge in [0.1, 0.15) is 6.26 Å². The number of hydrogen-bond acceptors (Lipinski definition) is 5. The second-order valence-corrected chi connectivity index (χ2v) is 5.98. The minimum Gasteiger partial charge on any atom is -0.481 e. The zero-order chi connectivity index (χ0) is 13.9. The van der Waals surface area contributed by atoms with Gasteiger partial charge in [0, 0.05) is 13.1 Å². The van der Waals surface area contributed by atoms with Gasteiger partial charge in [-0.15, -0.1) is 11.3 Å². The molecule has 0 aromatic carbocycles. The van der Waals surface area contributed by atoms with E-state index in [0.29, 0.717) is 19.0 Å². The van der Waals surface area contributed by atoms with Gasteiger partial charge in [-0.05, 0) is 30.8 Å². The van der Waals surface area contributed by atoms with Crippen LogP contribution in [0.4, 0.5) is 0 Å². The van der Waals surface area contributed by atoms with E-state index in [4.69, 9.17) is 9.52 Å². The predicted molar refractivity (Wildman–Crippen MR) is 75.5 cm³/mol. The van der Waals surface area contributed by atoms with Gasteiger partial charge in [0.2, 0.25) is 5.89 Å². The Morgan fingerprint density at radius 2 is 2.50 bits per heavy atom. The van der Waals surface area contributed by atoms with Gasteiger partial charge >= 0.3 is 5.97 Å². The molecule has 1 atom stereocenters. The highest BCUT2D eigenvalue weighted by Crippen LogP contribution is 2.25. The van der Waals surface area contributed by atoms with Crippen LogP contribution in [-0.4, -0.2) is 34.0 Å². The number of thiophene rings is 1. The first-order valence-corrected chi connectivity index (χ1v) is 7.54. The predicted octanol–water partition coefficient (Wildman–Crippen LogP) is 2.70. The molecular formula is C14H16N2O3S. The number of carboxylic acids is 1. The maximum absolute atomic E-state index is 11.1. The monoisotopic (exact) mass is 292 g/mol. The van der Waals surface area contributed by atoms with Gasteiger partial charge in [-0.3, -0.25) is 9.69 Å². The van der Waals surface area contributed by atoms with Crippen LogP contribution in [0.2, 0.25) is 0 Å². The lowest BCUT2D eigenvalue weighted by Gasteiger charge is -2.29. The molecule has 3 heterocycles. The number of piperidine rings is 1. The van der Waals surface area contributed by atoms with Gasteiger partial charge in [0.15, 0.2) is 0 Å². The van der Waals surface area contributed by atoms with Crippen LogP contribution in [0, 0.1) is 5.92 Å². The maximum Gasteiger partial charge on any atom is 0.307 e. The molecule has 0 bridgehead atoms. The SMILES string of the molecule is O=C(O)C1CCCN(Cc2coc(-c3cccs3)n2)C1. The molecule has 0 saturated carbocycles. The Labute approximate surface area is 120 Å². The first-order valence-electron chi connectivity index (χ1n) is 6.66. The van der Waals surface area contributed by atoms with Gasteiger partial charge < -0.3 is 9.52 Å². The zero-order valence-electron chi connectivity index (χ0n) is 11.0. The van der Waals surface area contributed by atoms with E-state index in [9.17, 15) is 4.79 Å². The quantitative estimate of drug-likeness (QED) is 0.938.